The van der Waals surface area contributed by atoms with Gasteiger partial charge in [0.15, 0.2) is 15.7 Å². The molecule has 1 N–H and O–H groups in total. The number of ether oxygens (including phenoxy) is 1. The third-order valence-corrected chi connectivity index (χ3v) is 8.08. The first-order valence-electron chi connectivity index (χ1n) is 12.6. The zero-order chi connectivity index (χ0) is 26.4. The van der Waals surface area contributed by atoms with Gasteiger partial charge in [-0.2, -0.15) is 4.98 Å². The molecule has 1 fully saturated rings. The lowest BCUT2D eigenvalue weighted by molar-refractivity contribution is 0.144. The van der Waals surface area contributed by atoms with Crippen molar-refractivity contribution in [3.05, 3.63) is 65.3 Å². The molecule has 4 aromatic rings. The Bertz CT molecular complexity index is 1690. The summed E-state index contributed by atoms with van der Waals surface area (Å²) in [6.07, 6.45) is 7.55. The highest BCUT2D eigenvalue weighted by Gasteiger charge is 2.30. The van der Waals surface area contributed by atoms with Crippen molar-refractivity contribution in [3.63, 3.8) is 0 Å². The van der Waals surface area contributed by atoms with E-state index >= 15 is 0 Å². The van der Waals surface area contributed by atoms with Crippen LogP contribution in [0.3, 0.4) is 0 Å². The number of rotatable bonds is 5. The van der Waals surface area contributed by atoms with E-state index in [0.29, 0.717) is 12.5 Å². The molecule has 0 bridgehead atoms. The molecule has 2 aliphatic rings. The minimum absolute atomic E-state index is 0.110. The Morgan fingerprint density at radius 1 is 1.16 bits per heavy atom. The Balaban J connectivity index is 1.57. The second-order valence-corrected chi connectivity index (χ2v) is 12.2. The molecule has 0 saturated heterocycles. The molecule has 10 heteroatoms. The quantitative estimate of drug-likeness (QED) is 0.249. The van der Waals surface area contributed by atoms with E-state index in [9.17, 15) is 18.3 Å². The second kappa shape index (κ2) is 9.43. The summed E-state index contributed by atoms with van der Waals surface area (Å²) in [6, 6.07) is 13.6. The fourth-order valence-electron chi connectivity index (χ4n) is 5.83. The minimum atomic E-state index is -3.32. The van der Waals surface area contributed by atoms with Crippen molar-refractivity contribution in [1.29, 1.82) is 0 Å². The van der Waals surface area contributed by atoms with E-state index in [4.69, 9.17) is 9.26 Å². The molecule has 2 aromatic carbocycles. The summed E-state index contributed by atoms with van der Waals surface area (Å²) < 4.78 is 36.3. The summed E-state index contributed by atoms with van der Waals surface area (Å²) in [4.78, 5) is 15.7. The second-order valence-electron chi connectivity index (χ2n) is 10.1. The van der Waals surface area contributed by atoms with Crippen molar-refractivity contribution in [3.8, 4) is 17.0 Å². The molecule has 1 saturated carbocycles. The molecule has 38 heavy (non-hydrogen) atoms. The average Bonchev–Trinajstić information content (AvgIpc) is 3.40. The van der Waals surface area contributed by atoms with E-state index in [1.807, 2.05) is 30.3 Å². The number of benzene rings is 2. The van der Waals surface area contributed by atoms with Gasteiger partial charge in [-0.05, 0) is 48.1 Å². The Hall–Kier alpha value is -3.92. The number of allylic oxidation sites excluding steroid dienone is 1. The minimum Gasteiger partial charge on any atom is -0.449 e. The lowest BCUT2D eigenvalue weighted by Crippen LogP contribution is -2.07. The van der Waals surface area contributed by atoms with E-state index in [1.165, 1.54) is 24.8 Å². The van der Waals surface area contributed by atoms with E-state index in [1.54, 1.807) is 12.1 Å². The largest absolute Gasteiger partial charge is 0.511 e. The summed E-state index contributed by atoms with van der Waals surface area (Å²) >= 11 is 0. The standard InChI is InChI=1S/C28H27N3O6S/c1-38(34,35)16-24-29-27(37-30-24)19-13-18-9-5-6-10-21(18)26-25(17-7-3-2-4-8-17)22-12-11-20(36-28(32)33)14-23(22)31(26)15-19/h5-6,9-14,17H,2-4,7-8,15-16H2,1H3,(H,32,33). The Morgan fingerprint density at radius 3 is 2.71 bits per heavy atom. The molecule has 1 aliphatic carbocycles. The molecule has 0 atom stereocenters. The van der Waals surface area contributed by atoms with Crippen LogP contribution in [0.25, 0.3) is 33.8 Å². The van der Waals surface area contributed by atoms with Crippen molar-refractivity contribution in [2.75, 3.05) is 6.26 Å². The van der Waals surface area contributed by atoms with Crippen LogP contribution in [0, 0.1) is 0 Å². The number of hydrogen-bond acceptors (Lipinski definition) is 7. The van der Waals surface area contributed by atoms with Crippen molar-refractivity contribution in [2.45, 2.75) is 50.3 Å². The predicted molar refractivity (Wildman–Crippen MR) is 143 cm³/mol. The molecule has 0 spiro atoms. The number of nitrogens with zero attached hydrogens (tertiary/aromatic N) is 3. The fraction of sp³-hybridized carbons (Fsp3) is 0.321. The number of aromatic nitrogens is 3. The van der Waals surface area contributed by atoms with Gasteiger partial charge < -0.3 is 18.9 Å². The number of sulfone groups is 1. The van der Waals surface area contributed by atoms with Gasteiger partial charge in [0, 0.05) is 28.8 Å². The summed E-state index contributed by atoms with van der Waals surface area (Å²) in [6.45, 7) is 0.379. The maximum atomic E-state index is 11.8. The van der Waals surface area contributed by atoms with Gasteiger partial charge in [0.25, 0.3) is 5.89 Å². The highest BCUT2D eigenvalue weighted by molar-refractivity contribution is 7.89. The molecule has 1 aliphatic heterocycles. The van der Waals surface area contributed by atoms with Gasteiger partial charge in [-0.3, -0.25) is 0 Å². The molecule has 0 unspecified atom stereocenters. The smallest absolute Gasteiger partial charge is 0.449 e. The van der Waals surface area contributed by atoms with E-state index in [2.05, 4.69) is 20.8 Å². The van der Waals surface area contributed by atoms with E-state index < -0.39 is 16.0 Å². The van der Waals surface area contributed by atoms with Crippen LogP contribution >= 0.6 is 0 Å². The van der Waals surface area contributed by atoms with Gasteiger partial charge in [-0.25, -0.2) is 13.2 Å². The molecule has 2 aromatic heterocycles. The molecular weight excluding hydrogens is 506 g/mol. The molecule has 3 heterocycles. The third-order valence-electron chi connectivity index (χ3n) is 7.30. The normalized spacial score (nSPS) is 16.0. The summed E-state index contributed by atoms with van der Waals surface area (Å²) in [5.74, 6) is 0.688. The monoisotopic (exact) mass is 533 g/mol. The average molecular weight is 534 g/mol. The molecule has 0 radical (unpaired) electrons. The van der Waals surface area contributed by atoms with Gasteiger partial charge in [0.1, 0.15) is 11.5 Å². The Labute approximate surface area is 219 Å². The highest BCUT2D eigenvalue weighted by Crippen LogP contribution is 2.47. The van der Waals surface area contributed by atoms with Crippen LogP contribution in [0.2, 0.25) is 0 Å². The molecule has 6 rings (SSSR count). The van der Waals surface area contributed by atoms with Crippen LogP contribution < -0.4 is 4.74 Å². The van der Waals surface area contributed by atoms with E-state index in [-0.39, 0.29) is 23.2 Å². The van der Waals surface area contributed by atoms with Gasteiger partial charge in [-0.15, -0.1) is 0 Å². The zero-order valence-corrected chi connectivity index (χ0v) is 21.7. The van der Waals surface area contributed by atoms with Gasteiger partial charge in [-0.1, -0.05) is 48.7 Å². The zero-order valence-electron chi connectivity index (χ0n) is 20.9. The molecule has 196 valence electrons. The number of carboxylic acid groups (broad SMARTS) is 1. The summed E-state index contributed by atoms with van der Waals surface area (Å²) in [5, 5.41) is 14.2. The number of hydrogen-bond donors (Lipinski definition) is 1. The lowest BCUT2D eigenvalue weighted by Gasteiger charge is -2.24. The molecule has 9 nitrogen and oxygen atoms in total. The maximum absolute atomic E-state index is 11.8. The summed E-state index contributed by atoms with van der Waals surface area (Å²) in [5.41, 5.74) is 6.02. The van der Waals surface area contributed by atoms with Crippen LogP contribution in [0.1, 0.15) is 60.9 Å². The fourth-order valence-corrected chi connectivity index (χ4v) is 6.41. The number of fused-ring (bicyclic) bond motifs is 5. The SMILES string of the molecule is CS(=O)(=O)Cc1noc(C2=Cc3ccccc3-c3c(C4CCCCC4)c4ccc(OC(=O)O)cc4n3C2)n1. The van der Waals surface area contributed by atoms with Crippen LogP contribution in [0.5, 0.6) is 5.75 Å². The van der Waals surface area contributed by atoms with Crippen LogP contribution in [-0.4, -0.2) is 40.6 Å². The first-order chi connectivity index (χ1) is 18.3. The Kier molecular flexibility index (Phi) is 6.06. The van der Waals surface area contributed by atoms with Crippen LogP contribution in [0.15, 0.2) is 47.0 Å². The van der Waals surface area contributed by atoms with Gasteiger partial charge in [0.05, 0.1) is 17.8 Å². The predicted octanol–water partition coefficient (Wildman–Crippen LogP) is 5.89. The van der Waals surface area contributed by atoms with Gasteiger partial charge in [0.2, 0.25) is 0 Å². The van der Waals surface area contributed by atoms with E-state index in [0.717, 1.165) is 52.4 Å². The molecule has 0 amide bonds. The van der Waals surface area contributed by atoms with Crippen molar-refractivity contribution < 1.29 is 27.6 Å². The van der Waals surface area contributed by atoms with Crippen molar-refractivity contribution >= 4 is 38.5 Å². The van der Waals surface area contributed by atoms with Crippen LogP contribution in [0.4, 0.5) is 4.79 Å². The first-order valence-corrected chi connectivity index (χ1v) is 14.7. The number of carbonyl (C=O) groups is 1. The summed E-state index contributed by atoms with van der Waals surface area (Å²) in [7, 11) is -3.32. The topological polar surface area (TPSA) is 125 Å². The highest BCUT2D eigenvalue weighted by atomic mass is 32.2. The van der Waals surface area contributed by atoms with Gasteiger partial charge >= 0.3 is 6.16 Å². The molecular formula is C28H27N3O6S. The third kappa shape index (κ3) is 4.60. The van der Waals surface area contributed by atoms with Crippen molar-refractivity contribution in [1.82, 2.24) is 14.7 Å². The first kappa shape index (κ1) is 24.4. The maximum Gasteiger partial charge on any atom is 0.511 e. The Morgan fingerprint density at radius 2 is 1.95 bits per heavy atom. The van der Waals surface area contributed by atoms with Crippen LogP contribution in [-0.2, 0) is 22.1 Å². The lowest BCUT2D eigenvalue weighted by atomic mass is 9.81. The van der Waals surface area contributed by atoms with Crippen molar-refractivity contribution in [2.24, 2.45) is 0 Å².